The van der Waals surface area contributed by atoms with Crippen LogP contribution in [0.1, 0.15) is 46.4 Å². The third-order valence-corrected chi connectivity index (χ3v) is 3.08. The van der Waals surface area contributed by atoms with E-state index in [-0.39, 0.29) is 24.2 Å². The van der Waals surface area contributed by atoms with Crippen molar-refractivity contribution in [1.29, 1.82) is 0 Å². The fraction of sp³-hybridized carbons (Fsp3) is 0.429. The lowest BCUT2D eigenvalue weighted by Gasteiger charge is -2.12. The number of fused-ring (bicyclic) bond motifs is 1. The molecular formula is C14H19ClN2O3. The van der Waals surface area contributed by atoms with Gasteiger partial charge in [-0.2, -0.15) is 0 Å². The number of carbonyl (C=O) groups excluding carboxylic acids is 2. The lowest BCUT2D eigenvalue weighted by atomic mass is 10.1. The standard InChI is InChI=1S/C14H18N2O3.ClH/c15-9-5-1-2-6-10-19-16-13(17)11-7-3-4-8-12(11)14(16)18;/h3-4,7-8H,1-2,5-6,9-10,15H2;1H. The first-order valence-electron chi connectivity index (χ1n) is 6.56. The van der Waals surface area contributed by atoms with Crippen LogP contribution in [-0.4, -0.2) is 30.0 Å². The Morgan fingerprint density at radius 2 is 1.50 bits per heavy atom. The van der Waals surface area contributed by atoms with Crippen LogP contribution in [0.5, 0.6) is 0 Å². The topological polar surface area (TPSA) is 72.6 Å². The molecule has 0 saturated carbocycles. The average molecular weight is 299 g/mol. The number of hydroxylamine groups is 2. The van der Waals surface area contributed by atoms with Crippen molar-refractivity contribution in [1.82, 2.24) is 5.06 Å². The van der Waals surface area contributed by atoms with Crippen molar-refractivity contribution in [3.05, 3.63) is 35.4 Å². The summed E-state index contributed by atoms with van der Waals surface area (Å²) in [5.74, 6) is -0.745. The number of hydrogen-bond donors (Lipinski definition) is 1. The fourth-order valence-corrected chi connectivity index (χ4v) is 2.04. The van der Waals surface area contributed by atoms with Gasteiger partial charge in [0, 0.05) is 0 Å². The maximum Gasteiger partial charge on any atom is 0.285 e. The molecule has 0 bridgehead atoms. The monoisotopic (exact) mass is 298 g/mol. The Morgan fingerprint density at radius 3 is 2.05 bits per heavy atom. The number of carbonyl (C=O) groups is 2. The first-order chi connectivity index (χ1) is 9.25. The summed E-state index contributed by atoms with van der Waals surface area (Å²) in [4.78, 5) is 29.2. The highest BCUT2D eigenvalue weighted by molar-refractivity contribution is 6.20. The van der Waals surface area contributed by atoms with Crippen molar-refractivity contribution >= 4 is 24.2 Å². The molecule has 1 aliphatic rings. The van der Waals surface area contributed by atoms with Crippen molar-refractivity contribution in [2.45, 2.75) is 25.7 Å². The number of hydrogen-bond acceptors (Lipinski definition) is 4. The van der Waals surface area contributed by atoms with Gasteiger partial charge in [-0.25, -0.2) is 0 Å². The fourth-order valence-electron chi connectivity index (χ4n) is 2.04. The second kappa shape index (κ2) is 7.99. The van der Waals surface area contributed by atoms with E-state index in [1.165, 1.54) is 0 Å². The molecule has 0 fully saturated rings. The molecular weight excluding hydrogens is 280 g/mol. The average Bonchev–Trinajstić information content (AvgIpc) is 2.68. The minimum Gasteiger partial charge on any atom is -0.330 e. The molecule has 0 atom stereocenters. The van der Waals surface area contributed by atoms with Crippen LogP contribution in [0.3, 0.4) is 0 Å². The van der Waals surface area contributed by atoms with Gasteiger partial charge in [-0.1, -0.05) is 25.0 Å². The van der Waals surface area contributed by atoms with Gasteiger partial charge < -0.3 is 5.73 Å². The maximum atomic E-state index is 11.9. The van der Waals surface area contributed by atoms with Crippen LogP contribution >= 0.6 is 12.4 Å². The van der Waals surface area contributed by atoms with E-state index in [2.05, 4.69) is 0 Å². The summed E-state index contributed by atoms with van der Waals surface area (Å²) in [7, 11) is 0. The van der Waals surface area contributed by atoms with E-state index in [1.807, 2.05) is 0 Å². The highest BCUT2D eigenvalue weighted by atomic mass is 35.5. The molecule has 1 aromatic rings. The Balaban J connectivity index is 0.00000200. The molecule has 0 saturated heterocycles. The van der Waals surface area contributed by atoms with E-state index in [0.717, 1.165) is 30.7 Å². The molecule has 0 radical (unpaired) electrons. The lowest BCUT2D eigenvalue weighted by Crippen LogP contribution is -2.30. The number of rotatable bonds is 7. The zero-order valence-electron chi connectivity index (χ0n) is 11.2. The van der Waals surface area contributed by atoms with Crippen LogP contribution in [0, 0.1) is 0 Å². The van der Waals surface area contributed by atoms with Crippen LogP contribution < -0.4 is 5.73 Å². The van der Waals surface area contributed by atoms with E-state index in [1.54, 1.807) is 24.3 Å². The van der Waals surface area contributed by atoms with Crippen molar-refractivity contribution in [2.75, 3.05) is 13.2 Å². The minimum absolute atomic E-state index is 0. The lowest BCUT2D eigenvalue weighted by molar-refractivity contribution is -0.0922. The van der Waals surface area contributed by atoms with Gasteiger partial charge in [-0.15, -0.1) is 17.5 Å². The zero-order chi connectivity index (χ0) is 13.7. The smallest absolute Gasteiger partial charge is 0.285 e. The molecule has 1 aromatic carbocycles. The quantitative estimate of drug-likeness (QED) is 0.618. The third kappa shape index (κ3) is 3.56. The number of benzene rings is 1. The molecule has 0 aliphatic carbocycles. The van der Waals surface area contributed by atoms with Gasteiger partial charge in [0.15, 0.2) is 0 Å². The second-order valence-electron chi connectivity index (χ2n) is 4.49. The summed E-state index contributed by atoms with van der Waals surface area (Å²) in [5, 5.41) is 0.869. The van der Waals surface area contributed by atoms with E-state index < -0.39 is 0 Å². The van der Waals surface area contributed by atoms with Gasteiger partial charge >= 0.3 is 0 Å². The van der Waals surface area contributed by atoms with Crippen molar-refractivity contribution in [3.8, 4) is 0 Å². The number of unbranched alkanes of at least 4 members (excludes halogenated alkanes) is 3. The number of halogens is 1. The number of nitrogens with zero attached hydrogens (tertiary/aromatic N) is 1. The van der Waals surface area contributed by atoms with Crippen LogP contribution in [0.4, 0.5) is 0 Å². The highest BCUT2D eigenvalue weighted by Gasteiger charge is 2.36. The summed E-state index contributed by atoms with van der Waals surface area (Å²) in [5.41, 5.74) is 6.22. The largest absolute Gasteiger partial charge is 0.330 e. The highest BCUT2D eigenvalue weighted by Crippen LogP contribution is 2.22. The van der Waals surface area contributed by atoms with Crippen LogP contribution in [0.15, 0.2) is 24.3 Å². The van der Waals surface area contributed by atoms with E-state index in [9.17, 15) is 9.59 Å². The molecule has 1 heterocycles. The predicted octanol–water partition coefficient (Wildman–Crippen LogP) is 2.16. The molecule has 5 nitrogen and oxygen atoms in total. The summed E-state index contributed by atoms with van der Waals surface area (Å²) >= 11 is 0. The number of imide groups is 1. The van der Waals surface area contributed by atoms with E-state index >= 15 is 0 Å². The molecule has 110 valence electrons. The molecule has 2 rings (SSSR count). The predicted molar refractivity (Wildman–Crippen MR) is 77.7 cm³/mol. The molecule has 6 heteroatoms. The Morgan fingerprint density at radius 1 is 0.950 bits per heavy atom. The van der Waals surface area contributed by atoms with Crippen LogP contribution in [0.2, 0.25) is 0 Å². The first-order valence-corrected chi connectivity index (χ1v) is 6.56. The summed E-state index contributed by atoms with van der Waals surface area (Å²) < 4.78 is 0. The summed E-state index contributed by atoms with van der Waals surface area (Å²) in [6.07, 6.45) is 3.84. The van der Waals surface area contributed by atoms with E-state index in [4.69, 9.17) is 10.6 Å². The summed E-state index contributed by atoms with van der Waals surface area (Å²) in [6, 6.07) is 6.75. The van der Waals surface area contributed by atoms with Gasteiger partial charge in [-0.3, -0.25) is 14.4 Å². The van der Waals surface area contributed by atoms with Crippen LogP contribution in [-0.2, 0) is 4.84 Å². The Kier molecular flexibility index (Phi) is 6.64. The van der Waals surface area contributed by atoms with Crippen molar-refractivity contribution in [2.24, 2.45) is 5.73 Å². The first kappa shape index (κ1) is 16.6. The molecule has 0 spiro atoms. The van der Waals surface area contributed by atoms with E-state index in [0.29, 0.717) is 24.3 Å². The maximum absolute atomic E-state index is 11.9. The van der Waals surface area contributed by atoms with Gasteiger partial charge in [0.25, 0.3) is 11.8 Å². The molecule has 2 N–H and O–H groups in total. The summed E-state index contributed by atoms with van der Waals surface area (Å²) in [6.45, 7) is 1.06. The van der Waals surface area contributed by atoms with Gasteiger partial charge in [0.2, 0.25) is 0 Å². The van der Waals surface area contributed by atoms with Crippen molar-refractivity contribution < 1.29 is 14.4 Å². The molecule has 20 heavy (non-hydrogen) atoms. The zero-order valence-corrected chi connectivity index (χ0v) is 12.0. The third-order valence-electron chi connectivity index (χ3n) is 3.08. The van der Waals surface area contributed by atoms with Gasteiger partial charge in [0.05, 0.1) is 17.7 Å². The Labute approximate surface area is 124 Å². The molecule has 0 unspecified atom stereocenters. The molecule has 1 aliphatic heterocycles. The number of amides is 2. The second-order valence-corrected chi connectivity index (χ2v) is 4.49. The number of nitrogens with two attached hydrogens (primary N) is 1. The normalized spacial score (nSPS) is 13.3. The van der Waals surface area contributed by atoms with Gasteiger partial charge in [0.1, 0.15) is 0 Å². The van der Waals surface area contributed by atoms with Crippen LogP contribution in [0.25, 0.3) is 0 Å². The molecule has 2 amide bonds. The SMILES string of the molecule is Cl.NCCCCCCON1C(=O)c2ccccc2C1=O. The Hall–Kier alpha value is -1.43. The Bertz CT molecular complexity index is 444. The molecule has 0 aromatic heterocycles. The minimum atomic E-state index is -0.373. The van der Waals surface area contributed by atoms with Gasteiger partial charge in [-0.05, 0) is 31.5 Å². The van der Waals surface area contributed by atoms with Crippen molar-refractivity contribution in [3.63, 3.8) is 0 Å².